The Kier molecular flexibility index (Phi) is 4.41. The molecule has 100 valence electrons. The Balaban J connectivity index is 2.06. The summed E-state index contributed by atoms with van der Waals surface area (Å²) >= 11 is 0. The van der Waals surface area contributed by atoms with Crippen LogP contribution in [0.25, 0.3) is 11.5 Å². The minimum atomic E-state index is 0.658. The Morgan fingerprint density at radius 2 is 1.68 bits per heavy atom. The fourth-order valence-electron chi connectivity index (χ4n) is 1.62. The maximum Gasteiger partial charge on any atom is 0.178 e. The molecule has 0 N–H and O–H groups in total. The van der Waals surface area contributed by atoms with E-state index in [9.17, 15) is 0 Å². The first kappa shape index (κ1) is 13.4. The normalized spacial score (nSPS) is 10.7. The number of rotatable bonds is 5. The topological polar surface area (TPSA) is 45.2 Å². The van der Waals surface area contributed by atoms with Gasteiger partial charge in [-0.05, 0) is 26.2 Å². The second kappa shape index (κ2) is 6.24. The van der Waals surface area contributed by atoms with Crippen molar-refractivity contribution in [3.05, 3.63) is 36.8 Å². The van der Waals surface area contributed by atoms with Crippen LogP contribution >= 0.6 is 0 Å². The van der Waals surface area contributed by atoms with Gasteiger partial charge in [-0.15, -0.1) is 0 Å². The lowest BCUT2D eigenvalue weighted by Crippen LogP contribution is -2.28. The quantitative estimate of drug-likeness (QED) is 0.813. The van der Waals surface area contributed by atoms with Gasteiger partial charge in [-0.1, -0.05) is 6.07 Å². The molecule has 0 saturated carbocycles. The van der Waals surface area contributed by atoms with E-state index in [1.807, 2.05) is 37.6 Å². The molecule has 5 heteroatoms. The molecule has 0 fully saturated rings. The molecule has 0 aliphatic carbocycles. The van der Waals surface area contributed by atoms with Crippen molar-refractivity contribution in [1.82, 2.24) is 19.9 Å². The molecule has 2 aromatic rings. The molecule has 0 atom stereocenters. The van der Waals surface area contributed by atoms with Crippen molar-refractivity contribution in [2.24, 2.45) is 0 Å². The summed E-state index contributed by atoms with van der Waals surface area (Å²) in [6.07, 6.45) is 5.43. The second-order valence-electron chi connectivity index (χ2n) is 4.70. The first-order valence-electron chi connectivity index (χ1n) is 6.26. The van der Waals surface area contributed by atoms with Gasteiger partial charge in [0, 0.05) is 26.3 Å². The highest BCUT2D eigenvalue weighted by atomic mass is 15.2. The Bertz CT molecular complexity index is 495. The third-order valence-corrected chi connectivity index (χ3v) is 2.86. The summed E-state index contributed by atoms with van der Waals surface area (Å²) in [5.41, 5.74) is 1.81. The van der Waals surface area contributed by atoms with Crippen LogP contribution in [0.15, 0.2) is 36.8 Å². The van der Waals surface area contributed by atoms with Gasteiger partial charge in [-0.2, -0.15) is 0 Å². The zero-order valence-electron chi connectivity index (χ0n) is 11.6. The summed E-state index contributed by atoms with van der Waals surface area (Å²) in [4.78, 5) is 17.3. The fraction of sp³-hybridized carbons (Fsp3) is 0.357. The van der Waals surface area contributed by atoms with E-state index in [2.05, 4.69) is 38.8 Å². The third kappa shape index (κ3) is 3.72. The fourth-order valence-corrected chi connectivity index (χ4v) is 1.62. The highest BCUT2D eigenvalue weighted by Gasteiger charge is 2.05. The summed E-state index contributed by atoms with van der Waals surface area (Å²) in [5, 5.41) is 0. The van der Waals surface area contributed by atoms with Crippen LogP contribution in [0.1, 0.15) is 0 Å². The van der Waals surface area contributed by atoms with E-state index >= 15 is 0 Å². The first-order chi connectivity index (χ1) is 9.16. The summed E-state index contributed by atoms with van der Waals surface area (Å²) in [6, 6.07) is 5.72. The number of aromatic nitrogens is 3. The number of anilines is 1. The Hall–Kier alpha value is -2.01. The zero-order chi connectivity index (χ0) is 13.7. The van der Waals surface area contributed by atoms with Crippen LogP contribution in [0.2, 0.25) is 0 Å². The molecule has 0 saturated heterocycles. The van der Waals surface area contributed by atoms with Crippen LogP contribution in [0.5, 0.6) is 0 Å². The Morgan fingerprint density at radius 1 is 0.947 bits per heavy atom. The van der Waals surface area contributed by atoms with Crippen molar-refractivity contribution < 1.29 is 0 Å². The van der Waals surface area contributed by atoms with E-state index in [0.717, 1.165) is 24.5 Å². The maximum absolute atomic E-state index is 4.37. The summed E-state index contributed by atoms with van der Waals surface area (Å²) in [6.45, 7) is 1.94. The van der Waals surface area contributed by atoms with Crippen molar-refractivity contribution in [1.29, 1.82) is 0 Å². The van der Waals surface area contributed by atoms with E-state index in [1.165, 1.54) is 0 Å². The molecule has 5 nitrogen and oxygen atoms in total. The minimum Gasteiger partial charge on any atom is -0.371 e. The molecule has 0 radical (unpaired) electrons. The van der Waals surface area contributed by atoms with Crippen LogP contribution in [0.3, 0.4) is 0 Å². The van der Waals surface area contributed by atoms with Gasteiger partial charge in [0.2, 0.25) is 0 Å². The molecule has 0 unspecified atom stereocenters. The second-order valence-corrected chi connectivity index (χ2v) is 4.70. The van der Waals surface area contributed by atoms with Crippen molar-refractivity contribution in [2.45, 2.75) is 0 Å². The molecule has 2 aromatic heterocycles. The van der Waals surface area contributed by atoms with Gasteiger partial charge in [-0.25, -0.2) is 9.97 Å². The number of hydrogen-bond acceptors (Lipinski definition) is 5. The molecule has 0 aliphatic heterocycles. The van der Waals surface area contributed by atoms with Crippen molar-refractivity contribution in [2.75, 3.05) is 39.1 Å². The van der Waals surface area contributed by atoms with Crippen molar-refractivity contribution in [3.8, 4) is 11.5 Å². The molecule has 2 heterocycles. The van der Waals surface area contributed by atoms with Crippen LogP contribution in [-0.2, 0) is 0 Å². The van der Waals surface area contributed by atoms with Crippen LogP contribution in [0, 0.1) is 0 Å². The molecule has 0 bridgehead atoms. The highest BCUT2D eigenvalue weighted by Crippen LogP contribution is 2.14. The van der Waals surface area contributed by atoms with E-state index in [1.54, 1.807) is 6.20 Å². The van der Waals surface area contributed by atoms with Gasteiger partial charge in [0.15, 0.2) is 5.82 Å². The van der Waals surface area contributed by atoms with Gasteiger partial charge in [0.25, 0.3) is 0 Å². The molecule has 0 aromatic carbocycles. The van der Waals surface area contributed by atoms with E-state index in [4.69, 9.17) is 0 Å². The number of hydrogen-bond donors (Lipinski definition) is 0. The van der Waals surface area contributed by atoms with Gasteiger partial charge in [0.1, 0.15) is 5.69 Å². The molecule has 0 spiro atoms. The number of likely N-dealkylation sites (N-methyl/N-ethyl adjacent to an activating group) is 2. The zero-order valence-corrected chi connectivity index (χ0v) is 11.6. The summed E-state index contributed by atoms with van der Waals surface area (Å²) < 4.78 is 0. The maximum atomic E-state index is 4.37. The lowest BCUT2D eigenvalue weighted by Gasteiger charge is -2.20. The predicted molar refractivity (Wildman–Crippen MR) is 77.1 cm³/mol. The largest absolute Gasteiger partial charge is 0.371 e. The number of pyridine rings is 1. The Morgan fingerprint density at radius 3 is 2.26 bits per heavy atom. The van der Waals surface area contributed by atoms with E-state index in [-0.39, 0.29) is 0 Å². The van der Waals surface area contributed by atoms with E-state index in [0.29, 0.717) is 5.82 Å². The van der Waals surface area contributed by atoms with Gasteiger partial charge >= 0.3 is 0 Å². The van der Waals surface area contributed by atoms with Gasteiger partial charge in [0.05, 0.1) is 18.1 Å². The molecular formula is C14H19N5. The lowest BCUT2D eigenvalue weighted by atomic mass is 10.3. The van der Waals surface area contributed by atoms with E-state index < -0.39 is 0 Å². The van der Waals surface area contributed by atoms with Crippen LogP contribution in [0.4, 0.5) is 5.69 Å². The lowest BCUT2D eigenvalue weighted by molar-refractivity contribution is 0.416. The van der Waals surface area contributed by atoms with Crippen LogP contribution in [-0.4, -0.2) is 54.1 Å². The van der Waals surface area contributed by atoms with Gasteiger partial charge < -0.3 is 9.80 Å². The van der Waals surface area contributed by atoms with Crippen molar-refractivity contribution >= 4 is 5.69 Å². The van der Waals surface area contributed by atoms with Crippen molar-refractivity contribution in [3.63, 3.8) is 0 Å². The molecule has 2 rings (SSSR count). The summed E-state index contributed by atoms with van der Waals surface area (Å²) in [7, 11) is 6.17. The number of nitrogens with zero attached hydrogens (tertiary/aromatic N) is 5. The molecule has 19 heavy (non-hydrogen) atoms. The smallest absolute Gasteiger partial charge is 0.178 e. The molecule has 0 amide bonds. The standard InChI is InChI=1S/C14H19N5/c1-18(2)8-9-19(3)12-10-16-14(17-11-12)13-6-4-5-7-15-13/h4-7,10-11H,8-9H2,1-3H3. The predicted octanol–water partition coefficient (Wildman–Crippen LogP) is 1.54. The average Bonchev–Trinajstić information content (AvgIpc) is 2.46. The van der Waals surface area contributed by atoms with Crippen LogP contribution < -0.4 is 4.90 Å². The minimum absolute atomic E-state index is 0.658. The third-order valence-electron chi connectivity index (χ3n) is 2.86. The monoisotopic (exact) mass is 257 g/mol. The SMILES string of the molecule is CN(C)CCN(C)c1cnc(-c2ccccn2)nc1. The highest BCUT2D eigenvalue weighted by molar-refractivity contribution is 5.51. The molecular weight excluding hydrogens is 238 g/mol. The Labute approximate surface area is 113 Å². The summed E-state index contributed by atoms with van der Waals surface area (Å²) in [5.74, 6) is 0.658. The average molecular weight is 257 g/mol. The molecule has 0 aliphatic rings. The first-order valence-corrected chi connectivity index (χ1v) is 6.26. The van der Waals surface area contributed by atoms with Gasteiger partial charge in [-0.3, -0.25) is 4.98 Å².